The first-order valence-electron chi connectivity index (χ1n) is 5.18. The molecular weight excluding hydrogens is 206 g/mol. The molecule has 1 unspecified atom stereocenters. The summed E-state index contributed by atoms with van der Waals surface area (Å²) in [6.07, 6.45) is 0.546. The number of aryl methyl sites for hydroxylation is 1. The topological polar surface area (TPSA) is 49.8 Å². The predicted octanol–water partition coefficient (Wildman–Crippen LogP) is 1.45. The van der Waals surface area contributed by atoms with Crippen LogP contribution in [0.3, 0.4) is 0 Å². The van der Waals surface area contributed by atoms with Gasteiger partial charge >= 0.3 is 5.97 Å². The van der Waals surface area contributed by atoms with Crippen molar-refractivity contribution in [2.75, 3.05) is 19.1 Å². The van der Waals surface area contributed by atoms with Gasteiger partial charge in [-0.25, -0.2) is 4.79 Å². The summed E-state index contributed by atoms with van der Waals surface area (Å²) in [7, 11) is 3.40. The molecule has 0 bridgehead atoms. The summed E-state index contributed by atoms with van der Waals surface area (Å²) in [6.45, 7) is 2.00. The number of aliphatic carboxylic acids is 1. The third-order valence-electron chi connectivity index (χ3n) is 3.20. The van der Waals surface area contributed by atoms with Crippen LogP contribution in [0.4, 0.5) is 5.69 Å². The minimum Gasteiger partial charge on any atom is -0.495 e. The zero-order valence-electron chi connectivity index (χ0n) is 9.65. The van der Waals surface area contributed by atoms with Crippen LogP contribution in [-0.4, -0.2) is 31.3 Å². The van der Waals surface area contributed by atoms with E-state index in [1.54, 1.807) is 19.1 Å². The first-order valence-corrected chi connectivity index (χ1v) is 5.18. The van der Waals surface area contributed by atoms with Crippen LogP contribution in [0.25, 0.3) is 0 Å². The molecule has 0 aromatic heterocycles. The Balaban J connectivity index is 2.53. The van der Waals surface area contributed by atoms with E-state index in [0.717, 1.165) is 22.6 Å². The molecule has 0 fully saturated rings. The Morgan fingerprint density at radius 3 is 2.81 bits per heavy atom. The molecule has 4 heteroatoms. The number of likely N-dealkylation sites (N-methyl/N-ethyl adjacent to an activating group) is 1. The molecule has 1 aromatic rings. The zero-order valence-corrected chi connectivity index (χ0v) is 9.65. The molecule has 4 nitrogen and oxygen atoms in total. The van der Waals surface area contributed by atoms with Gasteiger partial charge < -0.3 is 14.7 Å². The Bertz CT molecular complexity index is 442. The maximum absolute atomic E-state index is 11.1. The number of rotatable bonds is 2. The van der Waals surface area contributed by atoms with E-state index in [0.29, 0.717) is 6.42 Å². The molecular formula is C12H15NO3. The van der Waals surface area contributed by atoms with Gasteiger partial charge in [0.25, 0.3) is 0 Å². The van der Waals surface area contributed by atoms with Crippen molar-refractivity contribution in [2.45, 2.75) is 19.4 Å². The van der Waals surface area contributed by atoms with Gasteiger partial charge in [0.2, 0.25) is 0 Å². The molecule has 1 N–H and O–H groups in total. The molecule has 0 radical (unpaired) electrons. The van der Waals surface area contributed by atoms with Crippen molar-refractivity contribution in [1.29, 1.82) is 0 Å². The molecule has 0 amide bonds. The van der Waals surface area contributed by atoms with Crippen molar-refractivity contribution in [2.24, 2.45) is 0 Å². The summed E-state index contributed by atoms with van der Waals surface area (Å²) in [6, 6.07) is 3.37. The van der Waals surface area contributed by atoms with E-state index >= 15 is 0 Å². The highest BCUT2D eigenvalue weighted by atomic mass is 16.5. The molecule has 1 aliphatic rings. The Labute approximate surface area is 94.4 Å². The largest absolute Gasteiger partial charge is 0.495 e. The molecule has 0 saturated heterocycles. The van der Waals surface area contributed by atoms with Gasteiger partial charge in [0, 0.05) is 13.5 Å². The van der Waals surface area contributed by atoms with Crippen LogP contribution in [0.5, 0.6) is 5.75 Å². The molecule has 1 aliphatic heterocycles. The van der Waals surface area contributed by atoms with Crippen molar-refractivity contribution in [1.82, 2.24) is 0 Å². The van der Waals surface area contributed by atoms with Crippen molar-refractivity contribution in [3.8, 4) is 5.75 Å². The van der Waals surface area contributed by atoms with E-state index in [4.69, 9.17) is 9.84 Å². The second-order valence-electron chi connectivity index (χ2n) is 4.08. The maximum Gasteiger partial charge on any atom is 0.326 e. The lowest BCUT2D eigenvalue weighted by Crippen LogP contribution is -2.35. The summed E-state index contributed by atoms with van der Waals surface area (Å²) in [4.78, 5) is 12.9. The number of carboxylic acids is 1. The zero-order chi connectivity index (χ0) is 11.9. The van der Waals surface area contributed by atoms with Crippen molar-refractivity contribution >= 4 is 11.7 Å². The van der Waals surface area contributed by atoms with Gasteiger partial charge in [-0.3, -0.25) is 0 Å². The van der Waals surface area contributed by atoms with Gasteiger partial charge in [0.1, 0.15) is 11.8 Å². The SMILES string of the molecule is COc1ccc(C)c2c1N(C)C(C(=O)O)C2. The molecule has 1 atom stereocenters. The Kier molecular flexibility index (Phi) is 2.50. The standard InChI is InChI=1S/C12H15NO3/c1-7-4-5-10(16-3)11-8(7)6-9(12(14)15)13(11)2/h4-5,9H,6H2,1-3H3,(H,14,15). The molecule has 1 aromatic carbocycles. The average molecular weight is 221 g/mol. The summed E-state index contributed by atoms with van der Waals surface area (Å²) in [5.41, 5.74) is 3.11. The Morgan fingerprint density at radius 1 is 1.56 bits per heavy atom. The summed E-state index contributed by atoms with van der Waals surface area (Å²) >= 11 is 0. The van der Waals surface area contributed by atoms with Gasteiger partial charge in [-0.1, -0.05) is 6.07 Å². The summed E-state index contributed by atoms with van der Waals surface area (Å²) in [5.74, 6) is -0.0491. The van der Waals surface area contributed by atoms with E-state index in [1.165, 1.54) is 0 Å². The molecule has 1 heterocycles. The molecule has 86 valence electrons. The number of carboxylic acid groups (broad SMARTS) is 1. The maximum atomic E-state index is 11.1. The molecule has 0 aliphatic carbocycles. The number of nitrogens with zero attached hydrogens (tertiary/aromatic N) is 1. The smallest absolute Gasteiger partial charge is 0.326 e. The third-order valence-corrected chi connectivity index (χ3v) is 3.20. The van der Waals surface area contributed by atoms with Crippen LogP contribution in [0, 0.1) is 6.92 Å². The van der Waals surface area contributed by atoms with Crippen LogP contribution in [0.1, 0.15) is 11.1 Å². The first-order chi connectivity index (χ1) is 7.56. The number of fused-ring (bicyclic) bond motifs is 1. The monoisotopic (exact) mass is 221 g/mol. The van der Waals surface area contributed by atoms with Gasteiger partial charge in [-0.15, -0.1) is 0 Å². The Morgan fingerprint density at radius 2 is 2.25 bits per heavy atom. The molecule has 0 saturated carbocycles. The van der Waals surface area contributed by atoms with Gasteiger partial charge in [0.15, 0.2) is 0 Å². The lowest BCUT2D eigenvalue weighted by molar-refractivity contribution is -0.138. The van der Waals surface area contributed by atoms with Crippen LogP contribution in [0.2, 0.25) is 0 Å². The number of benzene rings is 1. The van der Waals surface area contributed by atoms with Crippen molar-refractivity contribution in [3.63, 3.8) is 0 Å². The van der Waals surface area contributed by atoms with Crippen LogP contribution in [-0.2, 0) is 11.2 Å². The predicted molar refractivity (Wildman–Crippen MR) is 61.3 cm³/mol. The van der Waals surface area contributed by atoms with Crippen LogP contribution in [0.15, 0.2) is 12.1 Å². The minimum absolute atomic E-state index is 0.481. The van der Waals surface area contributed by atoms with Crippen LogP contribution < -0.4 is 9.64 Å². The first kappa shape index (κ1) is 10.8. The fraction of sp³-hybridized carbons (Fsp3) is 0.417. The van der Waals surface area contributed by atoms with E-state index in [-0.39, 0.29) is 0 Å². The summed E-state index contributed by atoms with van der Waals surface area (Å²) in [5, 5.41) is 9.13. The van der Waals surface area contributed by atoms with E-state index in [1.807, 2.05) is 19.1 Å². The van der Waals surface area contributed by atoms with E-state index < -0.39 is 12.0 Å². The number of anilines is 1. The lowest BCUT2D eigenvalue weighted by atomic mass is 10.0. The van der Waals surface area contributed by atoms with Crippen molar-refractivity contribution < 1.29 is 14.6 Å². The number of hydrogen-bond donors (Lipinski definition) is 1. The Hall–Kier alpha value is -1.71. The quantitative estimate of drug-likeness (QED) is 0.821. The second kappa shape index (κ2) is 3.70. The number of ether oxygens (including phenoxy) is 1. The minimum atomic E-state index is -0.792. The fourth-order valence-corrected chi connectivity index (χ4v) is 2.26. The van der Waals surface area contributed by atoms with Crippen LogP contribution >= 0.6 is 0 Å². The molecule has 16 heavy (non-hydrogen) atoms. The van der Waals surface area contributed by atoms with E-state index in [2.05, 4.69) is 0 Å². The molecule has 0 spiro atoms. The normalized spacial score (nSPS) is 18.4. The van der Waals surface area contributed by atoms with Gasteiger partial charge in [0.05, 0.1) is 12.8 Å². The number of methoxy groups -OCH3 is 1. The highest BCUT2D eigenvalue weighted by Crippen LogP contribution is 2.40. The summed E-state index contributed by atoms with van der Waals surface area (Å²) < 4.78 is 5.28. The average Bonchev–Trinajstić information content (AvgIpc) is 2.59. The van der Waals surface area contributed by atoms with Gasteiger partial charge in [-0.2, -0.15) is 0 Å². The number of carbonyl (C=O) groups is 1. The van der Waals surface area contributed by atoms with E-state index in [9.17, 15) is 4.79 Å². The van der Waals surface area contributed by atoms with Crippen molar-refractivity contribution in [3.05, 3.63) is 23.3 Å². The molecule has 2 rings (SSSR count). The highest BCUT2D eigenvalue weighted by molar-refractivity contribution is 5.84. The fourth-order valence-electron chi connectivity index (χ4n) is 2.26. The second-order valence-corrected chi connectivity index (χ2v) is 4.08. The van der Waals surface area contributed by atoms with Gasteiger partial charge in [-0.05, 0) is 24.1 Å². The lowest BCUT2D eigenvalue weighted by Gasteiger charge is -2.20. The number of hydrogen-bond acceptors (Lipinski definition) is 3. The third kappa shape index (κ3) is 1.41. The highest BCUT2D eigenvalue weighted by Gasteiger charge is 2.34.